The first-order valence-electron chi connectivity index (χ1n) is 12.0. The summed E-state index contributed by atoms with van der Waals surface area (Å²) >= 11 is 0. The number of likely N-dealkylation sites (N-methyl/N-ethyl adjacent to an activating group) is 2. The van der Waals surface area contributed by atoms with Crippen LogP contribution < -0.4 is 15.6 Å². The van der Waals surface area contributed by atoms with Gasteiger partial charge in [0.25, 0.3) is 5.56 Å². The van der Waals surface area contributed by atoms with Crippen molar-refractivity contribution >= 4 is 28.6 Å². The van der Waals surface area contributed by atoms with Gasteiger partial charge in [-0.15, -0.1) is 6.42 Å². The van der Waals surface area contributed by atoms with Crippen molar-refractivity contribution in [2.75, 3.05) is 40.1 Å². The topological polar surface area (TPSA) is 92.6 Å². The van der Waals surface area contributed by atoms with Gasteiger partial charge in [0, 0.05) is 37.0 Å². The number of benzene rings is 1. The van der Waals surface area contributed by atoms with Crippen LogP contribution in [-0.4, -0.2) is 71.1 Å². The van der Waals surface area contributed by atoms with Crippen LogP contribution in [0.2, 0.25) is 0 Å². The molecule has 1 saturated carbocycles. The number of carbonyl (C=O) groups is 1. The minimum Gasteiger partial charge on any atom is -0.495 e. The zero-order chi connectivity index (χ0) is 25.8. The van der Waals surface area contributed by atoms with E-state index < -0.39 is 0 Å². The molecule has 1 aromatic carbocycles. The summed E-state index contributed by atoms with van der Waals surface area (Å²) in [7, 11) is 7.24. The maximum atomic E-state index is 13.2. The van der Waals surface area contributed by atoms with E-state index in [0.29, 0.717) is 40.5 Å². The molecule has 3 aromatic rings. The highest BCUT2D eigenvalue weighted by Gasteiger charge is 2.29. The van der Waals surface area contributed by atoms with Gasteiger partial charge in [-0.05, 0) is 51.9 Å². The van der Waals surface area contributed by atoms with E-state index in [2.05, 4.69) is 16.2 Å². The van der Waals surface area contributed by atoms with Crippen molar-refractivity contribution < 1.29 is 9.53 Å². The molecule has 4 rings (SSSR count). The molecule has 1 N–H and O–H groups in total. The van der Waals surface area contributed by atoms with Crippen LogP contribution in [0.25, 0.3) is 11.0 Å². The van der Waals surface area contributed by atoms with Crippen molar-refractivity contribution in [2.45, 2.75) is 37.8 Å². The second-order valence-electron chi connectivity index (χ2n) is 9.37. The molecule has 188 valence electrons. The number of carbonyl (C=O) groups excluding carboxylic acids is 1. The Balaban J connectivity index is 1.64. The number of rotatable bonds is 7. The van der Waals surface area contributed by atoms with Crippen LogP contribution in [0, 0.1) is 12.3 Å². The van der Waals surface area contributed by atoms with E-state index in [1.54, 1.807) is 17.9 Å². The largest absolute Gasteiger partial charge is 0.495 e. The molecule has 9 heteroatoms. The van der Waals surface area contributed by atoms with E-state index in [1.165, 1.54) is 6.07 Å². The van der Waals surface area contributed by atoms with Gasteiger partial charge in [0.15, 0.2) is 0 Å². The summed E-state index contributed by atoms with van der Waals surface area (Å²) in [6.45, 7) is 0.382. The number of ether oxygens (including phenoxy) is 1. The van der Waals surface area contributed by atoms with E-state index >= 15 is 0 Å². The van der Waals surface area contributed by atoms with Crippen LogP contribution in [0.1, 0.15) is 37.3 Å². The fourth-order valence-corrected chi connectivity index (χ4v) is 4.81. The molecular weight excluding hydrogens is 456 g/mol. The van der Waals surface area contributed by atoms with Crippen molar-refractivity contribution in [3.8, 4) is 18.1 Å². The number of aromatic nitrogens is 3. The van der Waals surface area contributed by atoms with Gasteiger partial charge in [-0.1, -0.05) is 18.1 Å². The number of methoxy groups -OCH3 is 1. The predicted molar refractivity (Wildman–Crippen MR) is 141 cm³/mol. The Kier molecular flexibility index (Phi) is 7.55. The number of nitrogens with one attached hydrogen (secondary N) is 1. The number of para-hydroxylation sites is 2. The molecular formula is C27H32N6O3. The summed E-state index contributed by atoms with van der Waals surface area (Å²) in [4.78, 5) is 38.6. The number of fused-ring (bicyclic) bond motifs is 1. The number of nitrogens with zero attached hydrogens (tertiary/aromatic N) is 5. The Hall–Kier alpha value is -3.90. The van der Waals surface area contributed by atoms with Crippen LogP contribution in [0.3, 0.4) is 0 Å². The lowest BCUT2D eigenvalue weighted by Crippen LogP contribution is -2.44. The summed E-state index contributed by atoms with van der Waals surface area (Å²) < 4.78 is 7.16. The summed E-state index contributed by atoms with van der Waals surface area (Å²) in [5.74, 6) is 3.70. The molecule has 9 nitrogen and oxygen atoms in total. The second kappa shape index (κ2) is 10.8. The molecule has 36 heavy (non-hydrogen) atoms. The molecule has 0 aliphatic heterocycles. The lowest BCUT2D eigenvalue weighted by Gasteiger charge is -2.36. The summed E-state index contributed by atoms with van der Waals surface area (Å²) in [6, 6.07) is 9.06. The highest BCUT2D eigenvalue weighted by molar-refractivity contribution is 5.83. The molecule has 0 spiro atoms. The Morgan fingerprint density at radius 1 is 1.22 bits per heavy atom. The minimum atomic E-state index is -0.183. The molecule has 1 fully saturated rings. The normalized spacial score (nSPS) is 17.6. The Bertz CT molecular complexity index is 1350. The van der Waals surface area contributed by atoms with Gasteiger partial charge in [0.1, 0.15) is 11.4 Å². The van der Waals surface area contributed by atoms with Crippen molar-refractivity contribution in [2.24, 2.45) is 0 Å². The molecule has 0 radical (unpaired) electrons. The third-order valence-electron chi connectivity index (χ3n) is 6.73. The Labute approximate surface area is 211 Å². The van der Waals surface area contributed by atoms with E-state index in [0.717, 1.165) is 25.7 Å². The predicted octanol–water partition coefficient (Wildman–Crippen LogP) is 3.03. The second-order valence-corrected chi connectivity index (χ2v) is 9.37. The molecule has 0 unspecified atom stereocenters. The SMILES string of the molecule is C#Cc1cc(=O)n(C2CCC(N(C)C(=O)CN(C)C)CC2)c2nc(Nc3ccccc3OC)ncc12. The van der Waals surface area contributed by atoms with Crippen LogP contribution in [-0.2, 0) is 4.79 Å². The highest BCUT2D eigenvalue weighted by Crippen LogP contribution is 2.33. The number of terminal acetylenes is 1. The number of pyridine rings is 1. The molecule has 0 atom stereocenters. The van der Waals surface area contributed by atoms with Gasteiger partial charge in [-0.25, -0.2) is 4.98 Å². The van der Waals surface area contributed by atoms with Gasteiger partial charge in [0.05, 0.1) is 24.7 Å². The van der Waals surface area contributed by atoms with Crippen LogP contribution in [0.4, 0.5) is 11.6 Å². The van der Waals surface area contributed by atoms with Gasteiger partial charge in [-0.2, -0.15) is 4.98 Å². The number of anilines is 2. The van der Waals surface area contributed by atoms with E-state index in [9.17, 15) is 9.59 Å². The zero-order valence-electron chi connectivity index (χ0n) is 21.2. The minimum absolute atomic E-state index is 0.0468. The zero-order valence-corrected chi connectivity index (χ0v) is 21.2. The fourth-order valence-electron chi connectivity index (χ4n) is 4.81. The van der Waals surface area contributed by atoms with Gasteiger partial charge >= 0.3 is 0 Å². The Morgan fingerprint density at radius 3 is 2.61 bits per heavy atom. The van der Waals surface area contributed by atoms with Crippen molar-refractivity contribution in [3.05, 3.63) is 52.4 Å². The van der Waals surface area contributed by atoms with E-state index in [1.807, 2.05) is 55.2 Å². The standard InChI is InChI=1S/C27H32N6O3/c1-6-18-15-24(34)33(20-13-11-19(12-14-20)32(4)25(35)17-31(2)3)26-21(18)16-28-27(30-26)29-22-9-7-8-10-23(22)36-5/h1,7-10,15-16,19-20H,11-14,17H2,2-5H3,(H,28,29,30). The van der Waals surface area contributed by atoms with Crippen molar-refractivity contribution in [3.63, 3.8) is 0 Å². The van der Waals surface area contributed by atoms with E-state index in [-0.39, 0.29) is 23.6 Å². The van der Waals surface area contributed by atoms with Gasteiger partial charge in [-0.3, -0.25) is 14.2 Å². The maximum absolute atomic E-state index is 13.2. The van der Waals surface area contributed by atoms with Crippen molar-refractivity contribution in [1.29, 1.82) is 0 Å². The lowest BCUT2D eigenvalue weighted by molar-refractivity contribution is -0.133. The number of amides is 1. The smallest absolute Gasteiger partial charge is 0.253 e. The third kappa shape index (κ3) is 5.19. The van der Waals surface area contributed by atoms with Gasteiger partial charge in [0.2, 0.25) is 11.9 Å². The molecule has 1 amide bonds. The fraction of sp³-hybridized carbons (Fsp3) is 0.407. The average molecular weight is 489 g/mol. The first-order valence-corrected chi connectivity index (χ1v) is 12.0. The average Bonchev–Trinajstić information content (AvgIpc) is 2.87. The third-order valence-corrected chi connectivity index (χ3v) is 6.73. The monoisotopic (exact) mass is 488 g/mol. The molecule has 1 aliphatic carbocycles. The van der Waals surface area contributed by atoms with Crippen LogP contribution in [0.5, 0.6) is 5.75 Å². The first-order chi connectivity index (χ1) is 17.3. The van der Waals surface area contributed by atoms with Crippen LogP contribution in [0.15, 0.2) is 41.3 Å². The van der Waals surface area contributed by atoms with Crippen molar-refractivity contribution in [1.82, 2.24) is 24.3 Å². The quantitative estimate of drug-likeness (QED) is 0.511. The highest BCUT2D eigenvalue weighted by atomic mass is 16.5. The number of hydrogen-bond acceptors (Lipinski definition) is 7. The molecule has 1 aliphatic rings. The first kappa shape index (κ1) is 25.2. The molecule has 2 heterocycles. The summed E-state index contributed by atoms with van der Waals surface area (Å²) in [6.07, 6.45) is 10.5. The molecule has 0 bridgehead atoms. The van der Waals surface area contributed by atoms with Crippen LogP contribution >= 0.6 is 0 Å². The summed E-state index contributed by atoms with van der Waals surface area (Å²) in [5, 5.41) is 3.85. The number of hydrogen-bond donors (Lipinski definition) is 1. The van der Waals surface area contributed by atoms with Gasteiger partial charge < -0.3 is 19.9 Å². The molecule has 0 saturated heterocycles. The van der Waals surface area contributed by atoms with E-state index in [4.69, 9.17) is 16.1 Å². The summed E-state index contributed by atoms with van der Waals surface area (Å²) in [5.41, 5.74) is 1.51. The molecule has 2 aromatic heterocycles. The lowest BCUT2D eigenvalue weighted by atomic mass is 9.89. The maximum Gasteiger partial charge on any atom is 0.253 e. The Morgan fingerprint density at radius 2 is 1.94 bits per heavy atom.